The van der Waals surface area contributed by atoms with Crippen molar-refractivity contribution < 1.29 is 8.42 Å². The molecule has 26 heavy (non-hydrogen) atoms. The maximum absolute atomic E-state index is 12.7. The van der Waals surface area contributed by atoms with E-state index in [9.17, 15) is 8.42 Å². The summed E-state index contributed by atoms with van der Waals surface area (Å²) in [5.74, 6) is 1.80. The second-order valence-electron chi connectivity index (χ2n) is 10.3. The van der Waals surface area contributed by atoms with Crippen LogP contribution in [-0.4, -0.2) is 14.5 Å². The van der Waals surface area contributed by atoms with E-state index in [0.717, 1.165) is 5.92 Å². The maximum Gasteiger partial charge on any atom is 0.299 e. The summed E-state index contributed by atoms with van der Waals surface area (Å²) in [5, 5.41) is 0. The summed E-state index contributed by atoms with van der Waals surface area (Å²) in [6, 6.07) is 9.25. The molecule has 0 aliphatic heterocycles. The fourth-order valence-corrected chi connectivity index (χ4v) is 7.85. The van der Waals surface area contributed by atoms with E-state index < -0.39 is 10.2 Å². The van der Waals surface area contributed by atoms with Crippen molar-refractivity contribution in [2.75, 3.05) is 4.72 Å². The van der Waals surface area contributed by atoms with Gasteiger partial charge in [-0.15, -0.1) is 0 Å². The minimum Gasteiger partial charge on any atom is -0.271 e. The fourth-order valence-electron chi connectivity index (χ4n) is 6.60. The highest BCUT2D eigenvalue weighted by atomic mass is 32.2. The van der Waals surface area contributed by atoms with Crippen LogP contribution >= 0.6 is 0 Å². The number of hydrogen-bond donors (Lipinski definition) is 2. The molecule has 1 aromatic carbocycles. The first-order valence-corrected chi connectivity index (χ1v) is 11.5. The van der Waals surface area contributed by atoms with Gasteiger partial charge < -0.3 is 0 Å². The summed E-state index contributed by atoms with van der Waals surface area (Å²) >= 11 is 0. The molecule has 2 N–H and O–H groups in total. The number of benzene rings is 1. The number of rotatable bonds is 5. The topological polar surface area (TPSA) is 58.2 Å². The van der Waals surface area contributed by atoms with Crippen molar-refractivity contribution in [2.45, 2.75) is 65.3 Å². The van der Waals surface area contributed by atoms with Crippen LogP contribution in [0.5, 0.6) is 0 Å². The summed E-state index contributed by atoms with van der Waals surface area (Å²) in [4.78, 5) is 0. The first-order chi connectivity index (χ1) is 12.1. The second kappa shape index (κ2) is 6.23. The normalized spacial score (nSPS) is 36.3. The van der Waals surface area contributed by atoms with Crippen molar-refractivity contribution in [3.63, 3.8) is 0 Å². The summed E-state index contributed by atoms with van der Waals surface area (Å²) in [7, 11) is -3.53. The van der Waals surface area contributed by atoms with Gasteiger partial charge in [0.1, 0.15) is 0 Å². The van der Waals surface area contributed by atoms with Crippen LogP contribution in [0.4, 0.5) is 5.69 Å². The molecule has 0 spiro atoms. The molecule has 5 heteroatoms. The van der Waals surface area contributed by atoms with E-state index in [1.54, 1.807) is 12.1 Å². The molecule has 4 nitrogen and oxygen atoms in total. The minimum absolute atomic E-state index is 0.0980. The van der Waals surface area contributed by atoms with Crippen LogP contribution in [0.2, 0.25) is 0 Å². The van der Waals surface area contributed by atoms with Gasteiger partial charge in [-0.1, -0.05) is 39.0 Å². The third-order valence-electron chi connectivity index (χ3n) is 6.62. The van der Waals surface area contributed by atoms with E-state index in [1.807, 2.05) is 18.2 Å². The zero-order valence-electron chi connectivity index (χ0n) is 16.2. The van der Waals surface area contributed by atoms with E-state index >= 15 is 0 Å². The molecule has 2 unspecified atom stereocenters. The molecule has 0 radical (unpaired) electrons. The Bertz CT molecular complexity index is 738. The van der Waals surface area contributed by atoms with Gasteiger partial charge in [-0.3, -0.25) is 4.72 Å². The average Bonchev–Trinajstić information content (AvgIpc) is 2.48. The molecule has 2 atom stereocenters. The molecule has 4 aliphatic carbocycles. The Balaban J connectivity index is 1.48. The Morgan fingerprint density at radius 1 is 1.04 bits per heavy atom. The summed E-state index contributed by atoms with van der Waals surface area (Å²) in [5.41, 5.74) is 1.41. The second-order valence-corrected chi connectivity index (χ2v) is 11.8. The summed E-state index contributed by atoms with van der Waals surface area (Å²) in [6.07, 6.45) is 7.40. The van der Waals surface area contributed by atoms with Gasteiger partial charge in [-0.2, -0.15) is 13.1 Å². The lowest BCUT2D eigenvalue weighted by atomic mass is 9.46. The molecule has 4 bridgehead atoms. The van der Waals surface area contributed by atoms with E-state index in [4.69, 9.17) is 0 Å². The highest BCUT2D eigenvalue weighted by molar-refractivity contribution is 7.90. The number of para-hydroxylation sites is 1. The molecule has 5 rings (SSSR count). The van der Waals surface area contributed by atoms with Crippen LogP contribution in [0.1, 0.15) is 59.3 Å². The molecule has 4 fully saturated rings. The van der Waals surface area contributed by atoms with Crippen molar-refractivity contribution in [1.82, 2.24) is 4.72 Å². The lowest BCUT2D eigenvalue weighted by Gasteiger charge is -2.61. The van der Waals surface area contributed by atoms with E-state index in [1.165, 1.54) is 38.5 Å². The highest BCUT2D eigenvalue weighted by Crippen LogP contribution is 2.63. The molecule has 0 saturated heterocycles. The Hall–Kier alpha value is -1.07. The number of hydrogen-bond acceptors (Lipinski definition) is 2. The molecular formula is C21H32N2O2S. The van der Waals surface area contributed by atoms with Crippen LogP contribution in [0, 0.1) is 28.6 Å². The van der Waals surface area contributed by atoms with Gasteiger partial charge in [0.15, 0.2) is 0 Å². The Kier molecular flexibility index (Phi) is 4.39. The predicted octanol–water partition coefficient (Wildman–Crippen LogP) is 4.56. The molecule has 1 aromatic rings. The predicted molar refractivity (Wildman–Crippen MR) is 106 cm³/mol. The summed E-state index contributed by atoms with van der Waals surface area (Å²) < 4.78 is 31.1. The fraction of sp³-hybridized carbons (Fsp3) is 0.714. The van der Waals surface area contributed by atoms with Crippen molar-refractivity contribution in [3.05, 3.63) is 30.3 Å². The van der Waals surface area contributed by atoms with E-state index in [-0.39, 0.29) is 6.04 Å². The van der Waals surface area contributed by atoms with Gasteiger partial charge in [0, 0.05) is 11.7 Å². The van der Waals surface area contributed by atoms with Gasteiger partial charge in [0.2, 0.25) is 0 Å². The first-order valence-electron chi connectivity index (χ1n) is 9.98. The monoisotopic (exact) mass is 376 g/mol. The van der Waals surface area contributed by atoms with Gasteiger partial charge in [-0.05, 0) is 79.2 Å². The van der Waals surface area contributed by atoms with Crippen LogP contribution < -0.4 is 9.44 Å². The Morgan fingerprint density at radius 3 is 2.23 bits per heavy atom. The summed E-state index contributed by atoms with van der Waals surface area (Å²) in [6.45, 7) is 7.03. The SMILES string of the molecule is CC(C)(C)CC12CC3CC(C1)C(NS(=O)(=O)Nc1ccccc1)C(C3)C2. The van der Waals surface area contributed by atoms with E-state index in [2.05, 4.69) is 30.2 Å². The third kappa shape index (κ3) is 3.79. The quantitative estimate of drug-likeness (QED) is 0.791. The number of anilines is 1. The minimum atomic E-state index is -3.53. The molecule has 0 amide bonds. The molecule has 144 valence electrons. The average molecular weight is 377 g/mol. The molecule has 4 aliphatic rings. The van der Waals surface area contributed by atoms with Crippen LogP contribution in [0.3, 0.4) is 0 Å². The van der Waals surface area contributed by atoms with Crippen molar-refractivity contribution in [1.29, 1.82) is 0 Å². The van der Waals surface area contributed by atoms with Crippen molar-refractivity contribution in [2.24, 2.45) is 28.6 Å². The first kappa shape index (κ1) is 18.3. The Labute approximate surface area is 158 Å². The van der Waals surface area contributed by atoms with Gasteiger partial charge in [0.25, 0.3) is 10.2 Å². The zero-order valence-corrected chi connectivity index (χ0v) is 17.0. The third-order valence-corrected chi connectivity index (χ3v) is 7.71. The smallest absolute Gasteiger partial charge is 0.271 e. The highest BCUT2D eigenvalue weighted by Gasteiger charge is 2.56. The van der Waals surface area contributed by atoms with Crippen molar-refractivity contribution >= 4 is 15.9 Å². The number of nitrogens with one attached hydrogen (secondary N) is 2. The van der Waals surface area contributed by atoms with Crippen LogP contribution in [0.15, 0.2) is 30.3 Å². The molecule has 0 heterocycles. The molecule has 0 aromatic heterocycles. The van der Waals surface area contributed by atoms with Gasteiger partial charge in [-0.25, -0.2) is 0 Å². The molecular weight excluding hydrogens is 344 g/mol. The van der Waals surface area contributed by atoms with Crippen LogP contribution in [0.25, 0.3) is 0 Å². The van der Waals surface area contributed by atoms with Crippen LogP contribution in [-0.2, 0) is 10.2 Å². The van der Waals surface area contributed by atoms with Gasteiger partial charge >= 0.3 is 0 Å². The van der Waals surface area contributed by atoms with Gasteiger partial charge in [0.05, 0.1) is 0 Å². The molecule has 4 saturated carbocycles. The standard InChI is InChI=1S/C21H32N2O2S/c1-20(2,3)14-21-11-15-9-16(12-21)19(17(10-15)13-21)23-26(24,25)22-18-7-5-4-6-8-18/h4-8,15-17,19,22-23H,9-14H2,1-3H3. The van der Waals surface area contributed by atoms with Crippen molar-refractivity contribution in [3.8, 4) is 0 Å². The lowest BCUT2D eigenvalue weighted by Crippen LogP contribution is -2.60. The largest absolute Gasteiger partial charge is 0.299 e. The van der Waals surface area contributed by atoms with E-state index in [0.29, 0.717) is 28.4 Å². The zero-order chi connectivity index (χ0) is 18.6. The Morgan fingerprint density at radius 2 is 1.65 bits per heavy atom. The lowest BCUT2D eigenvalue weighted by molar-refractivity contribution is -0.0881. The maximum atomic E-state index is 12.7.